The number of carbonyl (C=O) groups excluding carboxylic acids is 1. The molecule has 0 bridgehead atoms. The van der Waals surface area contributed by atoms with Gasteiger partial charge in [0.15, 0.2) is 0 Å². The van der Waals surface area contributed by atoms with Crippen LogP contribution in [0.5, 0.6) is 0 Å². The third-order valence-corrected chi connectivity index (χ3v) is 4.54. The van der Waals surface area contributed by atoms with Gasteiger partial charge in [-0.15, -0.1) is 11.3 Å². The van der Waals surface area contributed by atoms with Gasteiger partial charge in [-0.2, -0.15) is 0 Å². The van der Waals surface area contributed by atoms with Crippen molar-refractivity contribution in [3.63, 3.8) is 0 Å². The van der Waals surface area contributed by atoms with Crippen LogP contribution in [0.2, 0.25) is 0 Å². The first-order chi connectivity index (χ1) is 8.20. The van der Waals surface area contributed by atoms with Crippen molar-refractivity contribution < 1.29 is 4.79 Å². The lowest BCUT2D eigenvalue weighted by Gasteiger charge is -2.27. The predicted molar refractivity (Wildman–Crippen MR) is 72.5 cm³/mol. The monoisotopic (exact) mass is 252 g/mol. The Bertz CT molecular complexity index is 381. The second-order valence-electron chi connectivity index (χ2n) is 4.76. The van der Waals surface area contributed by atoms with Gasteiger partial charge in [-0.05, 0) is 56.7 Å². The van der Waals surface area contributed by atoms with Crippen LogP contribution in [0.15, 0.2) is 11.4 Å². The second-order valence-corrected chi connectivity index (χ2v) is 5.68. The van der Waals surface area contributed by atoms with Crippen molar-refractivity contribution in [1.29, 1.82) is 0 Å². The van der Waals surface area contributed by atoms with E-state index in [1.165, 1.54) is 0 Å². The van der Waals surface area contributed by atoms with E-state index >= 15 is 0 Å². The topological polar surface area (TPSA) is 41.1 Å². The quantitative estimate of drug-likeness (QED) is 0.868. The third-order valence-electron chi connectivity index (χ3n) is 3.61. The van der Waals surface area contributed by atoms with Gasteiger partial charge in [0.25, 0.3) is 0 Å². The number of nitrogens with one attached hydrogen (secondary N) is 2. The first kappa shape index (κ1) is 12.6. The van der Waals surface area contributed by atoms with Gasteiger partial charge >= 0.3 is 0 Å². The van der Waals surface area contributed by atoms with E-state index in [1.807, 2.05) is 25.4 Å². The maximum absolute atomic E-state index is 12.1. The van der Waals surface area contributed by atoms with E-state index < -0.39 is 0 Å². The summed E-state index contributed by atoms with van der Waals surface area (Å²) in [6.45, 7) is 2.03. The number of thiophene rings is 1. The molecular weight excluding hydrogens is 232 g/mol. The van der Waals surface area contributed by atoms with Crippen molar-refractivity contribution in [2.45, 2.75) is 38.6 Å². The van der Waals surface area contributed by atoms with E-state index in [1.54, 1.807) is 11.3 Å². The Balaban J connectivity index is 1.87. The molecule has 0 unspecified atom stereocenters. The van der Waals surface area contributed by atoms with Crippen LogP contribution < -0.4 is 10.6 Å². The summed E-state index contributed by atoms with van der Waals surface area (Å²) in [7, 11) is 2.00. The van der Waals surface area contributed by atoms with E-state index in [0.29, 0.717) is 6.04 Å². The molecule has 94 valence electrons. The molecule has 1 aliphatic carbocycles. The van der Waals surface area contributed by atoms with E-state index in [0.717, 1.165) is 36.2 Å². The van der Waals surface area contributed by atoms with Crippen LogP contribution in [-0.2, 0) is 4.79 Å². The van der Waals surface area contributed by atoms with E-state index in [9.17, 15) is 4.79 Å². The van der Waals surface area contributed by atoms with Gasteiger partial charge in [0.1, 0.15) is 0 Å². The highest BCUT2D eigenvalue weighted by molar-refractivity contribution is 7.14. The Labute approximate surface area is 107 Å². The summed E-state index contributed by atoms with van der Waals surface area (Å²) >= 11 is 1.60. The number of aryl methyl sites for hydroxylation is 1. The fourth-order valence-corrected chi connectivity index (χ4v) is 3.18. The average molecular weight is 252 g/mol. The Morgan fingerprint density at radius 3 is 2.59 bits per heavy atom. The normalized spacial score (nSPS) is 24.6. The maximum atomic E-state index is 12.1. The summed E-state index contributed by atoms with van der Waals surface area (Å²) in [4.78, 5) is 12.1. The minimum atomic E-state index is 0.195. The van der Waals surface area contributed by atoms with Crippen LogP contribution in [0.4, 0.5) is 5.00 Å². The summed E-state index contributed by atoms with van der Waals surface area (Å²) in [5.74, 6) is 0.395. The molecule has 1 heterocycles. The molecule has 0 saturated heterocycles. The Hall–Kier alpha value is -0.870. The lowest BCUT2D eigenvalue weighted by molar-refractivity contribution is -0.120. The van der Waals surface area contributed by atoms with Crippen molar-refractivity contribution in [1.82, 2.24) is 5.32 Å². The van der Waals surface area contributed by atoms with Gasteiger partial charge in [0.2, 0.25) is 5.91 Å². The molecule has 3 nitrogen and oxygen atoms in total. The molecule has 1 amide bonds. The zero-order valence-corrected chi connectivity index (χ0v) is 11.3. The number of hydrogen-bond donors (Lipinski definition) is 2. The zero-order chi connectivity index (χ0) is 12.3. The van der Waals surface area contributed by atoms with E-state index in [-0.39, 0.29) is 11.8 Å². The van der Waals surface area contributed by atoms with Crippen molar-refractivity contribution >= 4 is 22.2 Å². The molecule has 0 aromatic carbocycles. The van der Waals surface area contributed by atoms with Gasteiger partial charge in [-0.25, -0.2) is 0 Å². The molecule has 0 radical (unpaired) electrons. The molecule has 2 rings (SSSR count). The summed E-state index contributed by atoms with van der Waals surface area (Å²) < 4.78 is 0. The molecule has 4 heteroatoms. The first-order valence-electron chi connectivity index (χ1n) is 6.23. The smallest absolute Gasteiger partial charge is 0.228 e. The molecule has 0 spiro atoms. The summed E-state index contributed by atoms with van der Waals surface area (Å²) in [5, 5.41) is 9.36. The standard InChI is InChI=1S/C13H20N2OS/c1-9-7-8-17-13(9)15-12(16)10-3-5-11(14-2)6-4-10/h7-8,10-11,14H,3-6H2,1-2H3,(H,15,16). The second kappa shape index (κ2) is 5.65. The van der Waals surface area contributed by atoms with Crippen molar-refractivity contribution in [3.05, 3.63) is 17.0 Å². The Morgan fingerprint density at radius 1 is 1.35 bits per heavy atom. The number of anilines is 1. The van der Waals surface area contributed by atoms with Gasteiger partial charge in [-0.1, -0.05) is 0 Å². The molecule has 1 fully saturated rings. The minimum Gasteiger partial charge on any atom is -0.317 e. The summed E-state index contributed by atoms with van der Waals surface area (Å²) in [5.41, 5.74) is 1.16. The van der Waals surface area contributed by atoms with Gasteiger partial charge in [0, 0.05) is 12.0 Å². The number of hydrogen-bond acceptors (Lipinski definition) is 3. The Morgan fingerprint density at radius 2 is 2.06 bits per heavy atom. The van der Waals surface area contributed by atoms with Crippen LogP contribution in [0.3, 0.4) is 0 Å². The van der Waals surface area contributed by atoms with Crippen molar-refractivity contribution in [2.24, 2.45) is 5.92 Å². The SMILES string of the molecule is CNC1CCC(C(=O)Nc2sccc2C)CC1. The first-order valence-corrected chi connectivity index (χ1v) is 7.11. The largest absolute Gasteiger partial charge is 0.317 e. The van der Waals surface area contributed by atoms with E-state index in [4.69, 9.17) is 0 Å². The molecule has 1 aliphatic rings. The summed E-state index contributed by atoms with van der Waals surface area (Å²) in [6.07, 6.45) is 4.22. The molecule has 0 aliphatic heterocycles. The van der Waals surface area contributed by atoms with Crippen molar-refractivity contribution in [3.8, 4) is 0 Å². The molecule has 17 heavy (non-hydrogen) atoms. The molecule has 2 N–H and O–H groups in total. The highest BCUT2D eigenvalue weighted by atomic mass is 32.1. The lowest BCUT2D eigenvalue weighted by atomic mass is 9.85. The number of carbonyl (C=O) groups is 1. The van der Waals surface area contributed by atoms with Gasteiger partial charge in [-0.3, -0.25) is 4.79 Å². The Kier molecular flexibility index (Phi) is 4.18. The highest BCUT2D eigenvalue weighted by Crippen LogP contribution is 2.27. The molecule has 1 saturated carbocycles. The third kappa shape index (κ3) is 3.07. The zero-order valence-electron chi connectivity index (χ0n) is 10.5. The van der Waals surface area contributed by atoms with Crippen LogP contribution in [0, 0.1) is 12.8 Å². The molecular formula is C13H20N2OS. The maximum Gasteiger partial charge on any atom is 0.228 e. The molecule has 0 atom stereocenters. The van der Waals surface area contributed by atoms with Crippen LogP contribution in [-0.4, -0.2) is 19.0 Å². The van der Waals surface area contributed by atoms with Crippen LogP contribution >= 0.6 is 11.3 Å². The predicted octanol–water partition coefficient (Wildman–Crippen LogP) is 2.77. The van der Waals surface area contributed by atoms with Crippen LogP contribution in [0.1, 0.15) is 31.2 Å². The number of amides is 1. The number of rotatable bonds is 3. The van der Waals surface area contributed by atoms with Crippen molar-refractivity contribution in [2.75, 3.05) is 12.4 Å². The summed E-state index contributed by atoms with van der Waals surface area (Å²) in [6, 6.07) is 2.64. The minimum absolute atomic E-state index is 0.195. The molecule has 1 aromatic rings. The average Bonchev–Trinajstić information content (AvgIpc) is 2.75. The van der Waals surface area contributed by atoms with E-state index in [2.05, 4.69) is 10.6 Å². The fourth-order valence-electron chi connectivity index (χ4n) is 2.36. The van der Waals surface area contributed by atoms with Gasteiger partial charge in [0.05, 0.1) is 5.00 Å². The fraction of sp³-hybridized carbons (Fsp3) is 0.615. The molecule has 1 aromatic heterocycles. The highest BCUT2D eigenvalue weighted by Gasteiger charge is 2.25. The lowest BCUT2D eigenvalue weighted by Crippen LogP contribution is -2.34. The van der Waals surface area contributed by atoms with Gasteiger partial charge < -0.3 is 10.6 Å². The van der Waals surface area contributed by atoms with Crippen LogP contribution in [0.25, 0.3) is 0 Å².